The number of hydrogen-bond donors (Lipinski definition) is 1. The van der Waals surface area contributed by atoms with Crippen LogP contribution < -0.4 is 0 Å². The van der Waals surface area contributed by atoms with Gasteiger partial charge in [-0.3, -0.25) is 4.90 Å². The number of hydrogen-bond acceptors (Lipinski definition) is 5. The van der Waals surface area contributed by atoms with Crippen LogP contribution in [0.5, 0.6) is 0 Å². The van der Waals surface area contributed by atoms with E-state index in [0.717, 1.165) is 42.5 Å². The predicted molar refractivity (Wildman–Crippen MR) is 101 cm³/mol. The Bertz CT molecular complexity index is 836. The van der Waals surface area contributed by atoms with E-state index >= 15 is 0 Å². The van der Waals surface area contributed by atoms with Gasteiger partial charge < -0.3 is 5.11 Å². The van der Waals surface area contributed by atoms with Gasteiger partial charge in [0.2, 0.25) is 0 Å². The lowest BCUT2D eigenvalue weighted by Crippen LogP contribution is -2.40. The Kier molecular flexibility index (Phi) is 4.64. The normalized spacial score (nSPS) is 29.7. The summed E-state index contributed by atoms with van der Waals surface area (Å²) in [5.74, 6) is 0. The molecule has 5 heteroatoms. The lowest BCUT2D eigenvalue weighted by molar-refractivity contribution is 0.0994. The standard InChI is InChI=1S/C21H26N4O/c1-21(7-4-16(5-8-21)25-9-6-17(26)13-25)11-20-18-10-15(12-22)2-3-19(18)23-14-24-20/h2-3,10,14,16-17,26H,4-9,11,13H2,1H3. The lowest BCUT2D eigenvalue weighted by atomic mass is 9.70. The van der Waals surface area contributed by atoms with E-state index in [4.69, 9.17) is 0 Å². The number of fused-ring (bicyclic) bond motifs is 1. The molecule has 1 aromatic heterocycles. The van der Waals surface area contributed by atoms with E-state index in [1.807, 2.05) is 18.2 Å². The second-order valence-corrected chi connectivity index (χ2v) is 8.32. The molecule has 1 atom stereocenters. The Hall–Kier alpha value is -2.03. The van der Waals surface area contributed by atoms with E-state index in [-0.39, 0.29) is 11.5 Å². The van der Waals surface area contributed by atoms with Gasteiger partial charge in [0, 0.05) is 24.5 Å². The molecule has 2 heterocycles. The van der Waals surface area contributed by atoms with Crippen LogP contribution in [0, 0.1) is 16.7 Å². The van der Waals surface area contributed by atoms with Crippen LogP contribution in [0.1, 0.15) is 50.3 Å². The van der Waals surface area contributed by atoms with Gasteiger partial charge in [0.15, 0.2) is 0 Å². The van der Waals surface area contributed by atoms with Crippen molar-refractivity contribution in [3.05, 3.63) is 35.8 Å². The van der Waals surface area contributed by atoms with Crippen LogP contribution in [0.2, 0.25) is 0 Å². The summed E-state index contributed by atoms with van der Waals surface area (Å²) < 4.78 is 0. The monoisotopic (exact) mass is 350 g/mol. The van der Waals surface area contributed by atoms with Crippen molar-refractivity contribution in [2.75, 3.05) is 13.1 Å². The van der Waals surface area contributed by atoms with Crippen LogP contribution in [0.15, 0.2) is 24.5 Å². The number of benzene rings is 1. The molecule has 4 rings (SSSR count). The molecule has 1 N–H and O–H groups in total. The first-order valence-corrected chi connectivity index (χ1v) is 9.62. The van der Waals surface area contributed by atoms with Crippen molar-refractivity contribution in [2.24, 2.45) is 5.41 Å². The highest BCUT2D eigenvalue weighted by Gasteiger charge is 2.36. The minimum Gasteiger partial charge on any atom is -0.392 e. The van der Waals surface area contributed by atoms with Crippen molar-refractivity contribution in [2.45, 2.75) is 57.6 Å². The number of nitrogens with zero attached hydrogens (tertiary/aromatic N) is 4. The predicted octanol–water partition coefficient (Wildman–Crippen LogP) is 3.06. The molecule has 136 valence electrons. The summed E-state index contributed by atoms with van der Waals surface area (Å²) in [5, 5.41) is 20.0. The Morgan fingerprint density at radius 3 is 2.77 bits per heavy atom. The molecule has 2 fully saturated rings. The molecular formula is C21H26N4O. The second-order valence-electron chi connectivity index (χ2n) is 8.32. The van der Waals surface area contributed by atoms with E-state index in [9.17, 15) is 10.4 Å². The first-order chi connectivity index (χ1) is 12.6. The molecule has 1 aromatic carbocycles. The van der Waals surface area contributed by atoms with Gasteiger partial charge in [0.25, 0.3) is 0 Å². The second kappa shape index (κ2) is 6.94. The topological polar surface area (TPSA) is 73.0 Å². The van der Waals surface area contributed by atoms with Crippen LogP contribution in [-0.4, -0.2) is 45.2 Å². The molecule has 0 amide bonds. The van der Waals surface area contributed by atoms with Gasteiger partial charge in [0.1, 0.15) is 6.33 Å². The summed E-state index contributed by atoms with van der Waals surface area (Å²) >= 11 is 0. The van der Waals surface area contributed by atoms with Gasteiger partial charge in [-0.1, -0.05) is 6.92 Å². The van der Waals surface area contributed by atoms with Crippen molar-refractivity contribution >= 4 is 10.9 Å². The van der Waals surface area contributed by atoms with Crippen molar-refractivity contribution in [3.63, 3.8) is 0 Å². The molecule has 2 aromatic rings. The quantitative estimate of drug-likeness (QED) is 0.921. The minimum atomic E-state index is -0.134. The maximum atomic E-state index is 9.79. The van der Waals surface area contributed by atoms with Crippen LogP contribution in [-0.2, 0) is 6.42 Å². The number of likely N-dealkylation sites (tertiary alicyclic amines) is 1. The number of aliphatic hydroxyl groups excluding tert-OH is 1. The fraction of sp³-hybridized carbons (Fsp3) is 0.571. The lowest BCUT2D eigenvalue weighted by Gasteiger charge is -2.40. The van der Waals surface area contributed by atoms with E-state index in [1.165, 1.54) is 25.7 Å². The maximum absolute atomic E-state index is 9.79. The van der Waals surface area contributed by atoms with Gasteiger partial charge in [-0.25, -0.2) is 9.97 Å². The summed E-state index contributed by atoms with van der Waals surface area (Å²) in [7, 11) is 0. The molecule has 1 aliphatic heterocycles. The van der Waals surface area contributed by atoms with Crippen molar-refractivity contribution in [3.8, 4) is 6.07 Å². The Labute approximate surface area is 154 Å². The summed E-state index contributed by atoms with van der Waals surface area (Å²) in [6.07, 6.45) is 8.08. The molecule has 26 heavy (non-hydrogen) atoms. The number of nitriles is 1. The van der Waals surface area contributed by atoms with Crippen LogP contribution in [0.25, 0.3) is 10.9 Å². The molecule has 1 unspecified atom stereocenters. The third-order valence-electron chi connectivity index (χ3n) is 6.31. The highest BCUT2D eigenvalue weighted by molar-refractivity contribution is 5.82. The average molecular weight is 350 g/mol. The van der Waals surface area contributed by atoms with Crippen LogP contribution >= 0.6 is 0 Å². The molecule has 0 radical (unpaired) electrons. The van der Waals surface area contributed by atoms with Crippen LogP contribution in [0.4, 0.5) is 0 Å². The third-order valence-corrected chi connectivity index (χ3v) is 6.31. The summed E-state index contributed by atoms with van der Waals surface area (Å²) in [6.45, 7) is 4.25. The van der Waals surface area contributed by atoms with Crippen molar-refractivity contribution < 1.29 is 5.11 Å². The molecular weight excluding hydrogens is 324 g/mol. The zero-order valence-corrected chi connectivity index (χ0v) is 15.4. The first kappa shape index (κ1) is 17.4. The van der Waals surface area contributed by atoms with Crippen molar-refractivity contribution in [1.82, 2.24) is 14.9 Å². The Balaban J connectivity index is 1.49. The maximum Gasteiger partial charge on any atom is 0.116 e. The van der Waals surface area contributed by atoms with Gasteiger partial charge >= 0.3 is 0 Å². The number of aliphatic hydroxyl groups is 1. The molecule has 0 spiro atoms. The fourth-order valence-corrected chi connectivity index (χ4v) is 4.67. The van der Waals surface area contributed by atoms with Crippen molar-refractivity contribution in [1.29, 1.82) is 5.26 Å². The largest absolute Gasteiger partial charge is 0.392 e. The van der Waals surface area contributed by atoms with Gasteiger partial charge in [0.05, 0.1) is 28.9 Å². The number of β-amino-alcohol motifs (C(OH)–C–C–N with tert-alkyl or cyclic N) is 1. The summed E-state index contributed by atoms with van der Waals surface area (Å²) in [6, 6.07) is 8.49. The smallest absolute Gasteiger partial charge is 0.116 e. The highest BCUT2D eigenvalue weighted by Crippen LogP contribution is 2.41. The van der Waals surface area contributed by atoms with E-state index < -0.39 is 0 Å². The van der Waals surface area contributed by atoms with E-state index in [1.54, 1.807) is 6.33 Å². The Morgan fingerprint density at radius 2 is 2.08 bits per heavy atom. The molecule has 1 saturated heterocycles. The SMILES string of the molecule is CC1(Cc2ncnc3ccc(C#N)cc23)CCC(N2CCC(O)C2)CC1. The highest BCUT2D eigenvalue weighted by atomic mass is 16.3. The summed E-state index contributed by atoms with van der Waals surface area (Å²) in [4.78, 5) is 11.4. The van der Waals surface area contributed by atoms with Gasteiger partial charge in [-0.05, 0) is 62.1 Å². The summed E-state index contributed by atoms with van der Waals surface area (Å²) in [5.41, 5.74) is 2.87. The Morgan fingerprint density at radius 1 is 1.27 bits per heavy atom. The van der Waals surface area contributed by atoms with E-state index in [2.05, 4.69) is 27.9 Å². The zero-order valence-electron chi connectivity index (χ0n) is 15.4. The van der Waals surface area contributed by atoms with Gasteiger partial charge in [-0.15, -0.1) is 0 Å². The molecule has 2 aliphatic rings. The minimum absolute atomic E-state index is 0.134. The number of aromatic nitrogens is 2. The number of rotatable bonds is 3. The fourth-order valence-electron chi connectivity index (χ4n) is 4.67. The van der Waals surface area contributed by atoms with E-state index in [0.29, 0.717) is 11.6 Å². The molecule has 0 bridgehead atoms. The first-order valence-electron chi connectivity index (χ1n) is 9.62. The zero-order chi connectivity index (χ0) is 18.1. The average Bonchev–Trinajstić information content (AvgIpc) is 3.08. The third kappa shape index (κ3) is 3.44. The molecule has 1 saturated carbocycles. The molecule has 5 nitrogen and oxygen atoms in total. The van der Waals surface area contributed by atoms with Gasteiger partial charge in [-0.2, -0.15) is 5.26 Å². The van der Waals surface area contributed by atoms with Crippen LogP contribution in [0.3, 0.4) is 0 Å². The molecule has 1 aliphatic carbocycles.